The normalized spacial score (nSPS) is 18.7. The van der Waals surface area contributed by atoms with Gasteiger partial charge < -0.3 is 9.88 Å². The summed E-state index contributed by atoms with van der Waals surface area (Å²) in [5.41, 5.74) is -1.65. The number of benzene rings is 2. The maximum absolute atomic E-state index is 14.9. The van der Waals surface area contributed by atoms with Crippen LogP contribution in [0.4, 0.5) is 17.6 Å². The summed E-state index contributed by atoms with van der Waals surface area (Å²) in [4.78, 5) is 23.6. The van der Waals surface area contributed by atoms with Crippen molar-refractivity contribution < 1.29 is 22.4 Å². The van der Waals surface area contributed by atoms with Crippen LogP contribution < -0.4 is 0 Å². The van der Waals surface area contributed by atoms with Crippen LogP contribution in [-0.2, 0) is 11.7 Å². The topological polar surface area (TPSA) is 79.7 Å². The Bertz CT molecular complexity index is 1400. The monoisotopic (exact) mass is 492 g/mol. The molecule has 2 aromatic heterocycles. The molecule has 7 nitrogen and oxygen atoms in total. The number of hydrogen-bond acceptors (Lipinski definition) is 4. The summed E-state index contributed by atoms with van der Waals surface area (Å²) in [5.74, 6) is -1.04. The highest BCUT2D eigenvalue weighted by Crippen LogP contribution is 2.41. The Labute approximate surface area is 195 Å². The van der Waals surface area contributed by atoms with Gasteiger partial charge in [-0.3, -0.25) is 4.79 Å². The number of nitrogens with one attached hydrogen (secondary N) is 1. The van der Waals surface area contributed by atoms with E-state index in [0.29, 0.717) is 25.2 Å². The second-order valence-electron chi connectivity index (χ2n) is 8.22. The molecule has 1 aliphatic rings. The fourth-order valence-corrected chi connectivity index (χ4v) is 4.67. The maximum atomic E-state index is 14.9. The smallest absolute Gasteiger partial charge is 0.340 e. The average molecular weight is 493 g/mol. The van der Waals surface area contributed by atoms with Crippen molar-refractivity contribution in [3.8, 4) is 5.69 Å². The van der Waals surface area contributed by atoms with E-state index < -0.39 is 34.0 Å². The molecule has 0 bridgehead atoms. The van der Waals surface area contributed by atoms with Crippen molar-refractivity contribution in [2.24, 2.45) is 0 Å². The summed E-state index contributed by atoms with van der Waals surface area (Å²) in [5, 5.41) is 7.54. The first-order valence-electron chi connectivity index (χ1n) is 10.3. The van der Waals surface area contributed by atoms with Crippen LogP contribution in [0.5, 0.6) is 0 Å². The van der Waals surface area contributed by atoms with Gasteiger partial charge in [0.1, 0.15) is 22.9 Å². The molecule has 1 amide bonds. The number of carbonyl (C=O) groups excluding carboxylic acids is 1. The van der Waals surface area contributed by atoms with Crippen molar-refractivity contribution in [3.05, 3.63) is 70.5 Å². The van der Waals surface area contributed by atoms with Gasteiger partial charge in [0.15, 0.2) is 0 Å². The van der Waals surface area contributed by atoms with E-state index >= 15 is 0 Å². The Hall–Kier alpha value is -3.47. The number of likely N-dealkylation sites (tertiary alicyclic amines) is 1. The number of H-pyrrole nitrogens is 1. The predicted octanol–water partition coefficient (Wildman–Crippen LogP) is 5.11. The summed E-state index contributed by atoms with van der Waals surface area (Å²) >= 11 is 5.84. The summed E-state index contributed by atoms with van der Waals surface area (Å²) < 4.78 is 54.8. The van der Waals surface area contributed by atoms with E-state index in [2.05, 4.69) is 20.2 Å². The van der Waals surface area contributed by atoms with Crippen LogP contribution in [0.3, 0.4) is 0 Å². The highest BCUT2D eigenvalue weighted by molar-refractivity contribution is 6.32. The number of aromatic nitrogens is 5. The summed E-state index contributed by atoms with van der Waals surface area (Å²) in [6.07, 6.45) is -0.737. The molecular formula is C22H17ClF4N6O. The van der Waals surface area contributed by atoms with Gasteiger partial charge in [0.2, 0.25) is 0 Å². The van der Waals surface area contributed by atoms with Crippen LogP contribution in [0.15, 0.2) is 42.7 Å². The van der Waals surface area contributed by atoms with E-state index in [4.69, 9.17) is 11.6 Å². The molecule has 0 aliphatic carbocycles. The van der Waals surface area contributed by atoms with Gasteiger partial charge in [-0.1, -0.05) is 17.7 Å². The van der Waals surface area contributed by atoms with Gasteiger partial charge in [-0.25, -0.2) is 9.37 Å². The van der Waals surface area contributed by atoms with Gasteiger partial charge in [0.05, 0.1) is 39.6 Å². The molecule has 1 saturated heterocycles. The van der Waals surface area contributed by atoms with Gasteiger partial charge in [0, 0.05) is 6.54 Å². The van der Waals surface area contributed by atoms with Crippen LogP contribution in [0.1, 0.15) is 41.5 Å². The fraction of sp³-hybridized carbons (Fsp3) is 0.273. The molecule has 1 N–H and O–H groups in total. The number of halogens is 5. The van der Waals surface area contributed by atoms with Crippen molar-refractivity contribution >= 4 is 28.5 Å². The molecule has 2 aromatic carbocycles. The molecule has 12 heteroatoms. The number of imidazole rings is 1. The molecule has 5 rings (SSSR count). The number of hydrogen-bond donors (Lipinski definition) is 1. The quantitative estimate of drug-likeness (QED) is 0.403. The Morgan fingerprint density at radius 2 is 1.94 bits per heavy atom. The first kappa shape index (κ1) is 22.3. The van der Waals surface area contributed by atoms with Crippen LogP contribution in [-0.4, -0.2) is 42.3 Å². The second kappa shape index (κ2) is 7.79. The molecule has 0 spiro atoms. The van der Waals surface area contributed by atoms with Crippen molar-refractivity contribution in [2.45, 2.75) is 31.5 Å². The van der Waals surface area contributed by atoms with E-state index in [1.807, 2.05) is 0 Å². The highest BCUT2D eigenvalue weighted by Gasteiger charge is 2.45. The SMILES string of the molecule is CC1(c2nc3cc(Cl)c(C(F)(F)F)cc3[nH]2)CCCN1C(=O)c1c(F)cccc1-n1nccn1. The van der Waals surface area contributed by atoms with Gasteiger partial charge in [-0.15, -0.1) is 0 Å². The van der Waals surface area contributed by atoms with Crippen LogP contribution >= 0.6 is 11.6 Å². The lowest BCUT2D eigenvalue weighted by atomic mass is 9.97. The van der Waals surface area contributed by atoms with Gasteiger partial charge in [0.25, 0.3) is 5.91 Å². The van der Waals surface area contributed by atoms with E-state index in [9.17, 15) is 22.4 Å². The summed E-state index contributed by atoms with van der Waals surface area (Å²) in [7, 11) is 0. The number of fused-ring (bicyclic) bond motifs is 1. The number of nitrogens with zero attached hydrogens (tertiary/aromatic N) is 5. The zero-order valence-corrected chi connectivity index (χ0v) is 18.5. The first-order chi connectivity index (χ1) is 16.1. The summed E-state index contributed by atoms with van der Waals surface area (Å²) in [6, 6.07) is 6.20. The third-order valence-corrected chi connectivity index (χ3v) is 6.42. The number of rotatable bonds is 3. The molecule has 3 heterocycles. The molecule has 0 radical (unpaired) electrons. The van der Waals surface area contributed by atoms with Crippen LogP contribution in [0.25, 0.3) is 16.7 Å². The number of alkyl halides is 3. The molecule has 4 aromatic rings. The Morgan fingerprint density at radius 1 is 1.21 bits per heavy atom. The van der Waals surface area contributed by atoms with Crippen molar-refractivity contribution in [2.75, 3.05) is 6.54 Å². The second-order valence-corrected chi connectivity index (χ2v) is 8.63. The lowest BCUT2D eigenvalue weighted by Gasteiger charge is -2.34. The van der Waals surface area contributed by atoms with Crippen LogP contribution in [0.2, 0.25) is 5.02 Å². The molecule has 1 atom stereocenters. The lowest BCUT2D eigenvalue weighted by molar-refractivity contribution is -0.137. The largest absolute Gasteiger partial charge is 0.417 e. The van der Waals surface area contributed by atoms with Crippen molar-refractivity contribution in [1.82, 2.24) is 29.9 Å². The number of amides is 1. The van der Waals surface area contributed by atoms with Gasteiger partial charge >= 0.3 is 6.18 Å². The highest BCUT2D eigenvalue weighted by atomic mass is 35.5. The van der Waals surface area contributed by atoms with Gasteiger partial charge in [-0.05, 0) is 44.0 Å². The third-order valence-electron chi connectivity index (χ3n) is 6.11. The minimum Gasteiger partial charge on any atom is -0.340 e. The fourth-order valence-electron chi connectivity index (χ4n) is 4.40. The minimum atomic E-state index is -4.63. The van der Waals surface area contributed by atoms with E-state index in [1.54, 1.807) is 6.92 Å². The van der Waals surface area contributed by atoms with Crippen molar-refractivity contribution in [3.63, 3.8) is 0 Å². The van der Waals surface area contributed by atoms with Gasteiger partial charge in [-0.2, -0.15) is 28.2 Å². The first-order valence-corrected chi connectivity index (χ1v) is 10.7. The molecule has 34 heavy (non-hydrogen) atoms. The Balaban J connectivity index is 1.58. The zero-order valence-electron chi connectivity index (χ0n) is 17.7. The average Bonchev–Trinajstić information content (AvgIpc) is 3.51. The zero-order chi connectivity index (χ0) is 24.3. The third kappa shape index (κ3) is 3.51. The van der Waals surface area contributed by atoms with E-state index in [0.717, 1.165) is 16.9 Å². The molecule has 1 fully saturated rings. The predicted molar refractivity (Wildman–Crippen MR) is 115 cm³/mol. The molecule has 1 aliphatic heterocycles. The van der Waals surface area contributed by atoms with E-state index in [-0.39, 0.29) is 22.3 Å². The maximum Gasteiger partial charge on any atom is 0.417 e. The minimum absolute atomic E-state index is 0.138. The molecular weight excluding hydrogens is 476 g/mol. The van der Waals surface area contributed by atoms with Crippen molar-refractivity contribution in [1.29, 1.82) is 0 Å². The van der Waals surface area contributed by atoms with E-state index in [1.165, 1.54) is 35.5 Å². The molecule has 1 unspecified atom stereocenters. The summed E-state index contributed by atoms with van der Waals surface area (Å²) in [6.45, 7) is 2.05. The number of aromatic amines is 1. The molecule has 176 valence electrons. The Kier molecular flexibility index (Phi) is 5.12. The molecule has 0 saturated carbocycles. The standard InChI is InChI=1S/C22H17ClF4N6O/c1-21(20-30-15-10-12(22(25,26)27)13(23)11-16(15)31-20)6-3-9-32(21)19(34)18-14(24)4-2-5-17(18)33-28-7-8-29-33/h2,4-5,7-8,10-11H,3,6,9H2,1H3,(H,30,31). The lowest BCUT2D eigenvalue weighted by Crippen LogP contribution is -2.44. The Morgan fingerprint density at radius 3 is 2.65 bits per heavy atom. The van der Waals surface area contributed by atoms with Crippen LogP contribution in [0, 0.1) is 5.82 Å². The number of carbonyl (C=O) groups is 1.